The highest BCUT2D eigenvalue weighted by Crippen LogP contribution is 2.25. The van der Waals surface area contributed by atoms with Crippen molar-refractivity contribution in [1.29, 1.82) is 0 Å². The quantitative estimate of drug-likeness (QED) is 0.428. The first-order valence-corrected chi connectivity index (χ1v) is 12.8. The second-order valence-electron chi connectivity index (χ2n) is 6.94. The van der Waals surface area contributed by atoms with Gasteiger partial charge >= 0.3 is 0 Å². The fraction of sp³-hybridized carbons (Fsp3) is 0.105. The average Bonchev–Trinajstić information content (AvgIpc) is 3.11. The molecule has 2 heterocycles. The number of phenols is 1. The third-order valence-corrected chi connectivity index (χ3v) is 7.59. The molecule has 2 N–H and O–H groups in total. The maximum Gasteiger partial charge on any atom is 0.245 e. The molecule has 0 bridgehead atoms. The van der Waals surface area contributed by atoms with E-state index in [-0.39, 0.29) is 17.4 Å². The van der Waals surface area contributed by atoms with Gasteiger partial charge in [0, 0.05) is 11.9 Å². The molecule has 0 spiro atoms. The molecule has 4 aromatic rings. The molecule has 11 nitrogen and oxygen atoms in total. The summed E-state index contributed by atoms with van der Waals surface area (Å²) in [6, 6.07) is 12.2. The van der Waals surface area contributed by atoms with Crippen LogP contribution in [0.3, 0.4) is 0 Å². The van der Waals surface area contributed by atoms with Crippen molar-refractivity contribution in [3.05, 3.63) is 60.9 Å². The summed E-state index contributed by atoms with van der Waals surface area (Å²) >= 11 is 0. The smallest absolute Gasteiger partial charge is 0.245 e. The van der Waals surface area contributed by atoms with Crippen LogP contribution >= 0.6 is 0 Å². The van der Waals surface area contributed by atoms with Crippen LogP contribution in [0.25, 0.3) is 16.7 Å². The number of sulfonamides is 2. The average molecular weight is 475 g/mol. The van der Waals surface area contributed by atoms with Crippen LogP contribution in [0, 0.1) is 0 Å². The van der Waals surface area contributed by atoms with Gasteiger partial charge in [-0.3, -0.25) is 0 Å². The molecule has 0 radical (unpaired) electrons. The Bertz CT molecular complexity index is 1470. The molecule has 0 unspecified atom stereocenters. The van der Waals surface area contributed by atoms with Crippen molar-refractivity contribution in [3.63, 3.8) is 0 Å². The summed E-state index contributed by atoms with van der Waals surface area (Å²) in [6.07, 6.45) is 4.85. The minimum atomic E-state index is -4.02. The molecule has 2 aromatic heterocycles. The lowest BCUT2D eigenvalue weighted by Crippen LogP contribution is -2.35. The van der Waals surface area contributed by atoms with Crippen molar-refractivity contribution in [2.24, 2.45) is 0 Å². The summed E-state index contributed by atoms with van der Waals surface area (Å²) in [5.74, 6) is 0.393. The minimum absolute atomic E-state index is 0.0117. The highest BCUT2D eigenvalue weighted by Gasteiger charge is 2.27. The van der Waals surface area contributed by atoms with E-state index in [1.165, 1.54) is 24.3 Å². The van der Waals surface area contributed by atoms with Gasteiger partial charge in [0.15, 0.2) is 5.65 Å². The molecule has 0 amide bonds. The Labute approximate surface area is 184 Å². The summed E-state index contributed by atoms with van der Waals surface area (Å²) in [7, 11) is -8.05. The van der Waals surface area contributed by atoms with E-state index in [0.717, 1.165) is 12.5 Å². The number of aromatic nitrogens is 4. The predicted molar refractivity (Wildman–Crippen MR) is 120 cm³/mol. The summed E-state index contributed by atoms with van der Waals surface area (Å²) in [5.41, 5.74) is 1.74. The van der Waals surface area contributed by atoms with E-state index >= 15 is 0 Å². The van der Waals surface area contributed by atoms with Gasteiger partial charge < -0.3 is 10.4 Å². The number of nitrogens with one attached hydrogen (secondary N) is 1. The summed E-state index contributed by atoms with van der Waals surface area (Å²) in [4.78, 5) is 8.72. The van der Waals surface area contributed by atoms with E-state index in [2.05, 4.69) is 20.4 Å². The lowest BCUT2D eigenvalue weighted by atomic mass is 10.3. The molecule has 0 aliphatic rings. The number of nitrogens with zero attached hydrogens (tertiary/aromatic N) is 5. The molecular formula is C19H18N6O5S2. The van der Waals surface area contributed by atoms with Crippen molar-refractivity contribution in [1.82, 2.24) is 19.7 Å². The van der Waals surface area contributed by atoms with E-state index in [1.807, 2.05) is 0 Å². The third kappa shape index (κ3) is 4.33. The minimum Gasteiger partial charge on any atom is -0.508 e. The van der Waals surface area contributed by atoms with Crippen LogP contribution in [0.4, 0.5) is 17.3 Å². The van der Waals surface area contributed by atoms with Gasteiger partial charge in [-0.05, 0) is 48.5 Å². The van der Waals surface area contributed by atoms with Gasteiger partial charge in [0.1, 0.15) is 5.75 Å². The molecule has 2 aromatic carbocycles. The first kappa shape index (κ1) is 21.5. The molecule has 32 heavy (non-hydrogen) atoms. The van der Waals surface area contributed by atoms with E-state index in [1.54, 1.807) is 41.3 Å². The highest BCUT2D eigenvalue weighted by molar-refractivity contribution is 8.09. The van der Waals surface area contributed by atoms with E-state index in [4.69, 9.17) is 0 Å². The zero-order valence-corrected chi connectivity index (χ0v) is 18.5. The number of anilines is 3. The van der Waals surface area contributed by atoms with Crippen molar-refractivity contribution < 1.29 is 21.9 Å². The first-order valence-electron chi connectivity index (χ1n) is 9.10. The number of benzene rings is 2. The number of fused-ring (bicyclic) bond motifs is 1. The normalized spacial score (nSPS) is 12.1. The van der Waals surface area contributed by atoms with Gasteiger partial charge in [0.25, 0.3) is 0 Å². The lowest BCUT2D eigenvalue weighted by molar-refractivity contribution is 0.475. The van der Waals surface area contributed by atoms with Crippen LogP contribution in [-0.2, 0) is 20.0 Å². The van der Waals surface area contributed by atoms with Gasteiger partial charge in [0.2, 0.25) is 26.0 Å². The highest BCUT2D eigenvalue weighted by atomic mass is 32.3. The molecule has 166 valence electrons. The molecule has 0 saturated heterocycles. The van der Waals surface area contributed by atoms with Crippen LogP contribution in [0.15, 0.2) is 60.9 Å². The second-order valence-corrected chi connectivity index (χ2v) is 10.8. The molecular weight excluding hydrogens is 456 g/mol. The van der Waals surface area contributed by atoms with E-state index in [9.17, 15) is 21.9 Å². The van der Waals surface area contributed by atoms with E-state index in [0.29, 0.717) is 26.1 Å². The second kappa shape index (κ2) is 7.76. The van der Waals surface area contributed by atoms with Crippen molar-refractivity contribution in [2.75, 3.05) is 21.5 Å². The molecule has 0 saturated carbocycles. The molecule has 0 fully saturated rings. The summed E-state index contributed by atoms with van der Waals surface area (Å²) < 4.78 is 49.6. The van der Waals surface area contributed by atoms with Crippen LogP contribution < -0.4 is 9.03 Å². The fourth-order valence-corrected chi connectivity index (χ4v) is 6.06. The maximum absolute atomic E-state index is 11.9. The van der Waals surface area contributed by atoms with Crippen molar-refractivity contribution >= 4 is 48.4 Å². The standard InChI is InChI=1S/C19H18N6O5S2/c1-31(27,28)25(32(2,29)30)16-5-3-14(4-6-16)22-19-20-11-13-12-21-24(18(13)23-19)15-7-9-17(26)10-8-15/h3-12,26H,1-2H3,(H,20,22,23). The zero-order valence-electron chi connectivity index (χ0n) is 16.9. The van der Waals surface area contributed by atoms with Crippen LogP contribution in [0.1, 0.15) is 0 Å². The third-order valence-electron chi connectivity index (χ3n) is 4.34. The topological polar surface area (TPSA) is 147 Å². The van der Waals surface area contributed by atoms with Gasteiger partial charge in [-0.25, -0.2) is 26.5 Å². The maximum atomic E-state index is 11.9. The van der Waals surface area contributed by atoms with E-state index < -0.39 is 20.0 Å². The number of hydrogen-bond donors (Lipinski definition) is 2. The van der Waals surface area contributed by atoms with Crippen molar-refractivity contribution in [2.45, 2.75) is 0 Å². The van der Waals surface area contributed by atoms with Crippen LogP contribution in [0.5, 0.6) is 5.75 Å². The van der Waals surface area contributed by atoms with Crippen LogP contribution in [-0.4, -0.2) is 54.2 Å². The largest absolute Gasteiger partial charge is 0.508 e. The van der Waals surface area contributed by atoms with Gasteiger partial charge in [-0.15, -0.1) is 0 Å². The number of aromatic hydroxyl groups is 1. The zero-order chi connectivity index (χ0) is 23.1. The Hall–Kier alpha value is -3.71. The molecule has 4 rings (SSSR count). The Morgan fingerprint density at radius 1 is 0.906 bits per heavy atom. The Morgan fingerprint density at radius 3 is 2.12 bits per heavy atom. The Morgan fingerprint density at radius 2 is 1.53 bits per heavy atom. The van der Waals surface area contributed by atoms with Gasteiger partial charge in [-0.1, -0.05) is 0 Å². The molecule has 0 aliphatic carbocycles. The monoisotopic (exact) mass is 474 g/mol. The molecule has 13 heteroatoms. The fourth-order valence-electron chi connectivity index (χ4n) is 3.08. The van der Waals surface area contributed by atoms with Crippen LogP contribution in [0.2, 0.25) is 0 Å². The van der Waals surface area contributed by atoms with Crippen molar-refractivity contribution in [3.8, 4) is 11.4 Å². The SMILES string of the molecule is CS(=O)(=O)N(c1ccc(Nc2ncc3cnn(-c4ccc(O)cc4)c3n2)cc1)S(C)(=O)=O. The lowest BCUT2D eigenvalue weighted by Gasteiger charge is -2.19. The Kier molecular flexibility index (Phi) is 5.22. The number of hydrogen-bond acceptors (Lipinski definition) is 9. The summed E-state index contributed by atoms with van der Waals surface area (Å²) in [6.45, 7) is 0. The van der Waals surface area contributed by atoms with Gasteiger partial charge in [-0.2, -0.15) is 13.8 Å². The summed E-state index contributed by atoms with van der Waals surface area (Å²) in [5, 5.41) is 17.5. The number of rotatable bonds is 6. The molecule has 0 atom stereocenters. The molecule has 0 aliphatic heterocycles. The Balaban J connectivity index is 1.64. The van der Waals surface area contributed by atoms with Gasteiger partial charge in [0.05, 0.1) is 35.5 Å². The number of phenolic OH excluding ortho intramolecular Hbond substituents is 1. The first-order chi connectivity index (χ1) is 15.0. The predicted octanol–water partition coefficient (Wildman–Crippen LogP) is 1.99.